The zero-order chi connectivity index (χ0) is 12.8. The fourth-order valence-corrected chi connectivity index (χ4v) is 3.12. The van der Waals surface area contributed by atoms with Gasteiger partial charge < -0.3 is 10.5 Å². The minimum Gasteiger partial charge on any atom is -0.376 e. The first-order chi connectivity index (χ1) is 8.08. The van der Waals surface area contributed by atoms with Gasteiger partial charge >= 0.3 is 0 Å². The molecule has 0 heterocycles. The fourth-order valence-electron chi connectivity index (χ4n) is 1.73. The first-order valence-electron chi connectivity index (χ1n) is 5.85. The molecule has 0 aromatic heterocycles. The van der Waals surface area contributed by atoms with Gasteiger partial charge in [-0.1, -0.05) is 17.7 Å². The third kappa shape index (κ3) is 4.22. The minimum absolute atomic E-state index is 0.124. The minimum atomic E-state index is -1.04. The molecular formula is C13H21NO2S. The van der Waals surface area contributed by atoms with E-state index in [1.807, 2.05) is 39.0 Å². The first kappa shape index (κ1) is 14.4. The van der Waals surface area contributed by atoms with Crippen LogP contribution in [0.1, 0.15) is 18.1 Å². The summed E-state index contributed by atoms with van der Waals surface area (Å²) < 4.78 is 17.6. The number of nitrogens with two attached hydrogens (primary N) is 1. The van der Waals surface area contributed by atoms with Crippen LogP contribution in [-0.4, -0.2) is 29.2 Å². The van der Waals surface area contributed by atoms with E-state index in [1.165, 1.54) is 5.56 Å². The molecule has 0 spiro atoms. The van der Waals surface area contributed by atoms with E-state index in [0.29, 0.717) is 18.9 Å². The number of hydrogen-bond donors (Lipinski definition) is 1. The predicted octanol–water partition coefficient (Wildman–Crippen LogP) is 1.77. The number of ether oxygens (including phenoxy) is 1. The molecule has 0 bridgehead atoms. The zero-order valence-electron chi connectivity index (χ0n) is 10.7. The summed E-state index contributed by atoms with van der Waals surface area (Å²) in [6.07, 6.45) is -0.124. The molecule has 0 saturated carbocycles. The van der Waals surface area contributed by atoms with Crippen molar-refractivity contribution < 1.29 is 8.95 Å². The van der Waals surface area contributed by atoms with Crippen molar-refractivity contribution >= 4 is 10.8 Å². The van der Waals surface area contributed by atoms with Crippen molar-refractivity contribution in [1.29, 1.82) is 0 Å². The third-order valence-corrected chi connectivity index (χ3v) is 4.20. The summed E-state index contributed by atoms with van der Waals surface area (Å²) in [6, 6.07) is 5.96. The first-order valence-corrected chi connectivity index (χ1v) is 7.17. The number of benzene rings is 1. The molecule has 2 unspecified atom stereocenters. The van der Waals surface area contributed by atoms with Crippen molar-refractivity contribution in [1.82, 2.24) is 0 Å². The van der Waals surface area contributed by atoms with Crippen molar-refractivity contribution in [2.75, 3.05) is 18.9 Å². The highest BCUT2D eigenvalue weighted by molar-refractivity contribution is 7.85. The third-order valence-electron chi connectivity index (χ3n) is 2.58. The Hall–Kier alpha value is -0.710. The predicted molar refractivity (Wildman–Crippen MR) is 71.7 cm³/mol. The molecule has 0 aliphatic heterocycles. The highest BCUT2D eigenvalue weighted by Gasteiger charge is 2.14. The average Bonchev–Trinajstić information content (AvgIpc) is 2.28. The normalized spacial score (nSPS) is 14.6. The van der Waals surface area contributed by atoms with Crippen LogP contribution >= 0.6 is 0 Å². The van der Waals surface area contributed by atoms with E-state index >= 15 is 0 Å². The summed E-state index contributed by atoms with van der Waals surface area (Å²) in [5, 5.41) is 0. The van der Waals surface area contributed by atoms with Crippen LogP contribution in [0.4, 0.5) is 0 Å². The smallest absolute Gasteiger partial charge is 0.0815 e. The molecule has 4 heteroatoms. The quantitative estimate of drug-likeness (QED) is 0.843. The lowest BCUT2D eigenvalue weighted by molar-refractivity contribution is 0.0852. The largest absolute Gasteiger partial charge is 0.376 e. The van der Waals surface area contributed by atoms with Crippen LogP contribution in [0.25, 0.3) is 0 Å². The van der Waals surface area contributed by atoms with E-state index in [1.54, 1.807) is 0 Å². The average molecular weight is 255 g/mol. The monoisotopic (exact) mass is 255 g/mol. The maximum atomic E-state index is 12.2. The molecule has 17 heavy (non-hydrogen) atoms. The van der Waals surface area contributed by atoms with E-state index < -0.39 is 10.8 Å². The van der Waals surface area contributed by atoms with Crippen molar-refractivity contribution in [2.24, 2.45) is 5.73 Å². The standard InChI is InChI=1S/C13H21NO2S/c1-4-16-12(8-14)9-17(15)13-6-5-10(2)7-11(13)3/h5-7,12H,4,8-9,14H2,1-3H3. The molecule has 2 atom stereocenters. The maximum Gasteiger partial charge on any atom is 0.0815 e. The second-order valence-electron chi connectivity index (χ2n) is 4.09. The van der Waals surface area contributed by atoms with Crippen molar-refractivity contribution in [3.8, 4) is 0 Å². The number of aryl methyl sites for hydroxylation is 2. The van der Waals surface area contributed by atoms with Gasteiger partial charge in [0.15, 0.2) is 0 Å². The molecule has 2 N–H and O–H groups in total. The van der Waals surface area contributed by atoms with Gasteiger partial charge in [0, 0.05) is 18.0 Å². The molecule has 0 radical (unpaired) electrons. The van der Waals surface area contributed by atoms with E-state index in [4.69, 9.17) is 10.5 Å². The van der Waals surface area contributed by atoms with Gasteiger partial charge in [0.25, 0.3) is 0 Å². The van der Waals surface area contributed by atoms with E-state index in [9.17, 15) is 4.21 Å². The summed E-state index contributed by atoms with van der Waals surface area (Å²) in [5.41, 5.74) is 7.84. The molecule has 0 amide bonds. The van der Waals surface area contributed by atoms with Gasteiger partial charge in [0.1, 0.15) is 0 Å². The van der Waals surface area contributed by atoms with Crippen molar-refractivity contribution in [3.05, 3.63) is 29.3 Å². The summed E-state index contributed by atoms with van der Waals surface area (Å²) in [6.45, 7) is 6.94. The van der Waals surface area contributed by atoms with Crippen LogP contribution in [0, 0.1) is 13.8 Å². The molecular weight excluding hydrogens is 234 g/mol. The molecule has 96 valence electrons. The van der Waals surface area contributed by atoms with E-state index in [0.717, 1.165) is 10.5 Å². The summed E-state index contributed by atoms with van der Waals surface area (Å²) >= 11 is 0. The van der Waals surface area contributed by atoms with Gasteiger partial charge in [-0.3, -0.25) is 4.21 Å². The fraction of sp³-hybridized carbons (Fsp3) is 0.538. The van der Waals surface area contributed by atoms with Crippen LogP contribution < -0.4 is 5.73 Å². The van der Waals surface area contributed by atoms with Crippen LogP contribution in [-0.2, 0) is 15.5 Å². The Kier molecular flexibility index (Phi) is 5.82. The Labute approximate surface area is 106 Å². The van der Waals surface area contributed by atoms with Gasteiger partial charge in [-0.15, -0.1) is 0 Å². The number of rotatable bonds is 6. The van der Waals surface area contributed by atoms with Gasteiger partial charge in [0.05, 0.1) is 22.7 Å². The van der Waals surface area contributed by atoms with Gasteiger partial charge in [-0.05, 0) is 32.4 Å². The van der Waals surface area contributed by atoms with Crippen LogP contribution in [0.2, 0.25) is 0 Å². The summed E-state index contributed by atoms with van der Waals surface area (Å²) in [4.78, 5) is 0.883. The second kappa shape index (κ2) is 6.89. The van der Waals surface area contributed by atoms with Crippen LogP contribution in [0.15, 0.2) is 23.1 Å². The maximum absolute atomic E-state index is 12.2. The number of hydrogen-bond acceptors (Lipinski definition) is 3. The summed E-state index contributed by atoms with van der Waals surface area (Å²) in [7, 11) is -1.04. The lowest BCUT2D eigenvalue weighted by atomic mass is 10.2. The Bertz CT molecular complexity index is 393. The Morgan fingerprint density at radius 1 is 1.41 bits per heavy atom. The lowest BCUT2D eigenvalue weighted by Crippen LogP contribution is -2.29. The molecule has 1 aromatic carbocycles. The van der Waals surface area contributed by atoms with Crippen LogP contribution in [0.3, 0.4) is 0 Å². The van der Waals surface area contributed by atoms with E-state index in [-0.39, 0.29) is 6.10 Å². The molecule has 1 aromatic rings. The lowest BCUT2D eigenvalue weighted by Gasteiger charge is -2.15. The molecule has 1 rings (SSSR count). The van der Waals surface area contributed by atoms with Gasteiger partial charge in [0.2, 0.25) is 0 Å². The molecule has 0 aliphatic carbocycles. The van der Waals surface area contributed by atoms with Crippen molar-refractivity contribution in [2.45, 2.75) is 31.8 Å². The Morgan fingerprint density at radius 3 is 2.65 bits per heavy atom. The Morgan fingerprint density at radius 2 is 2.12 bits per heavy atom. The Balaban J connectivity index is 2.75. The van der Waals surface area contributed by atoms with Crippen LogP contribution in [0.5, 0.6) is 0 Å². The molecule has 3 nitrogen and oxygen atoms in total. The van der Waals surface area contributed by atoms with Gasteiger partial charge in [-0.2, -0.15) is 0 Å². The SMILES string of the molecule is CCOC(CN)CS(=O)c1ccc(C)cc1C. The zero-order valence-corrected chi connectivity index (χ0v) is 11.5. The van der Waals surface area contributed by atoms with Gasteiger partial charge in [-0.25, -0.2) is 0 Å². The van der Waals surface area contributed by atoms with Crippen molar-refractivity contribution in [3.63, 3.8) is 0 Å². The van der Waals surface area contributed by atoms with E-state index in [2.05, 4.69) is 0 Å². The second-order valence-corrected chi connectivity index (χ2v) is 5.56. The topological polar surface area (TPSA) is 52.3 Å². The molecule has 0 saturated heterocycles. The summed E-state index contributed by atoms with van der Waals surface area (Å²) in [5.74, 6) is 0.467. The molecule has 0 fully saturated rings. The molecule has 0 aliphatic rings. The highest BCUT2D eigenvalue weighted by atomic mass is 32.2. The highest BCUT2D eigenvalue weighted by Crippen LogP contribution is 2.16.